The quantitative estimate of drug-likeness (QED) is 0.324. The van der Waals surface area contributed by atoms with Crippen LogP contribution in [0.1, 0.15) is 17.5 Å². The Morgan fingerprint density at radius 3 is 2.72 bits per heavy atom. The highest BCUT2D eigenvalue weighted by Crippen LogP contribution is 2.54. The van der Waals surface area contributed by atoms with Gasteiger partial charge in [-0.3, -0.25) is 14.8 Å². The molecule has 2 aliphatic rings. The minimum absolute atomic E-state index is 0.0705. The number of hydrogen-bond acceptors (Lipinski definition) is 7. The summed E-state index contributed by atoms with van der Waals surface area (Å²) < 4.78 is 26.3. The Bertz CT molecular complexity index is 1310. The highest BCUT2D eigenvalue weighted by molar-refractivity contribution is 5.95. The number of fused-ring (bicyclic) bond motifs is 1. The minimum Gasteiger partial charge on any atom is -0.486 e. The molecule has 2 atom stereocenters. The van der Waals surface area contributed by atoms with Gasteiger partial charge < -0.3 is 20.1 Å². The predicted molar refractivity (Wildman–Crippen MR) is 129 cm³/mol. The number of carbonyl (C=O) groups excluding carboxylic acids is 2. The molecule has 1 aromatic heterocycles. The van der Waals surface area contributed by atoms with Gasteiger partial charge in [0.05, 0.1) is 30.1 Å². The van der Waals surface area contributed by atoms with E-state index in [1.807, 2.05) is 30.3 Å². The third-order valence-corrected chi connectivity index (χ3v) is 7.02. The second kappa shape index (κ2) is 9.71. The first kappa shape index (κ1) is 24.0. The second-order valence-electron chi connectivity index (χ2n) is 9.24. The van der Waals surface area contributed by atoms with Crippen molar-refractivity contribution in [3.63, 3.8) is 0 Å². The lowest BCUT2D eigenvalue weighted by Crippen LogP contribution is -2.36. The van der Waals surface area contributed by atoms with Crippen LogP contribution in [-0.4, -0.2) is 48.3 Å². The van der Waals surface area contributed by atoms with Gasteiger partial charge in [-0.15, -0.1) is 0 Å². The molecule has 2 fully saturated rings. The molecule has 1 aliphatic carbocycles. The van der Waals surface area contributed by atoms with Gasteiger partial charge >= 0.3 is 0 Å². The summed E-state index contributed by atoms with van der Waals surface area (Å²) in [5.74, 6) is -1.75. The van der Waals surface area contributed by atoms with E-state index in [0.29, 0.717) is 18.8 Å². The molecule has 36 heavy (non-hydrogen) atoms. The summed E-state index contributed by atoms with van der Waals surface area (Å²) in [7, 11) is 0. The molecule has 2 unspecified atom stereocenters. The molecule has 1 saturated carbocycles. The van der Waals surface area contributed by atoms with E-state index in [2.05, 4.69) is 4.90 Å². The van der Waals surface area contributed by atoms with Gasteiger partial charge in [0.25, 0.3) is 0 Å². The van der Waals surface area contributed by atoms with Crippen LogP contribution in [0.25, 0.3) is 10.9 Å². The Morgan fingerprint density at radius 2 is 2.00 bits per heavy atom. The number of primary amides is 1. The number of carbonyl (C=O) groups is 2. The van der Waals surface area contributed by atoms with E-state index < -0.39 is 29.0 Å². The van der Waals surface area contributed by atoms with Crippen LogP contribution < -0.4 is 20.9 Å². The fraction of sp³-hybridized carbons (Fsp3) is 0.346. The number of nitrogens with one attached hydrogen (secondary N) is 1. The number of hydrogen-bond donors (Lipinski definition) is 3. The molecule has 1 aliphatic heterocycles. The smallest absolute Gasteiger partial charge is 0.247 e. The van der Waals surface area contributed by atoms with E-state index in [-0.39, 0.29) is 25.2 Å². The number of ether oxygens (including phenoxy) is 2. The van der Waals surface area contributed by atoms with Crippen molar-refractivity contribution in [2.75, 3.05) is 31.2 Å². The normalized spacial score (nSPS) is 21.3. The largest absolute Gasteiger partial charge is 0.486 e. The Balaban J connectivity index is 1.34. The topological polar surface area (TPSA) is 127 Å². The average Bonchev–Trinajstić information content (AvgIpc) is 3.63. The molecule has 5 rings (SSSR count). The van der Waals surface area contributed by atoms with Gasteiger partial charge in [-0.1, -0.05) is 24.3 Å². The lowest BCUT2D eigenvalue weighted by molar-refractivity contribution is -0.134. The second-order valence-corrected chi connectivity index (χ2v) is 9.24. The minimum atomic E-state index is -1.13. The van der Waals surface area contributed by atoms with Crippen LogP contribution in [0.4, 0.5) is 10.2 Å². The van der Waals surface area contributed by atoms with Crippen LogP contribution in [0, 0.1) is 17.2 Å². The summed E-state index contributed by atoms with van der Waals surface area (Å²) in [6.07, 6.45) is 0.296. The molecular weight excluding hydrogens is 467 g/mol. The highest BCUT2D eigenvalue weighted by atomic mass is 19.1. The van der Waals surface area contributed by atoms with Crippen molar-refractivity contribution < 1.29 is 28.7 Å². The lowest BCUT2D eigenvalue weighted by atomic mass is 9.92. The molecule has 2 amide bonds. The third kappa shape index (κ3) is 4.57. The summed E-state index contributed by atoms with van der Waals surface area (Å²) >= 11 is 0. The molecule has 10 heteroatoms. The van der Waals surface area contributed by atoms with E-state index >= 15 is 0 Å². The molecule has 188 valence electrons. The van der Waals surface area contributed by atoms with Crippen LogP contribution in [0.3, 0.4) is 0 Å². The number of aromatic nitrogens is 1. The number of morpholine rings is 1. The molecule has 3 aromatic rings. The number of nitrogens with two attached hydrogens (primary N) is 1. The molecule has 9 nitrogen and oxygen atoms in total. The van der Waals surface area contributed by atoms with Gasteiger partial charge in [0.15, 0.2) is 11.6 Å². The van der Waals surface area contributed by atoms with Crippen molar-refractivity contribution >= 4 is 28.5 Å². The van der Waals surface area contributed by atoms with Crippen molar-refractivity contribution in [2.45, 2.75) is 19.4 Å². The van der Waals surface area contributed by atoms with Gasteiger partial charge in [-0.2, -0.15) is 0 Å². The zero-order chi connectivity index (χ0) is 25.3. The molecule has 2 aromatic carbocycles. The molecule has 1 saturated heterocycles. The van der Waals surface area contributed by atoms with Crippen molar-refractivity contribution in [3.05, 3.63) is 65.5 Å². The zero-order valence-electron chi connectivity index (χ0n) is 19.6. The van der Waals surface area contributed by atoms with Crippen molar-refractivity contribution in [3.8, 4) is 5.75 Å². The fourth-order valence-electron chi connectivity index (χ4n) is 4.88. The summed E-state index contributed by atoms with van der Waals surface area (Å²) in [5.41, 5.74) is 8.17. The highest BCUT2D eigenvalue weighted by Gasteiger charge is 2.62. The number of benzene rings is 2. The monoisotopic (exact) mass is 494 g/mol. The first-order chi connectivity index (χ1) is 17.4. The van der Waals surface area contributed by atoms with Crippen LogP contribution in [0.15, 0.2) is 48.5 Å². The molecule has 2 heterocycles. The van der Waals surface area contributed by atoms with Crippen molar-refractivity contribution in [1.29, 1.82) is 0 Å². The predicted octanol–water partition coefficient (Wildman–Crippen LogP) is 2.33. The Labute approximate surface area is 207 Å². The third-order valence-electron chi connectivity index (χ3n) is 7.02. The molecule has 0 radical (unpaired) electrons. The average molecular weight is 495 g/mol. The fourth-order valence-corrected chi connectivity index (χ4v) is 4.88. The summed E-state index contributed by atoms with van der Waals surface area (Å²) in [6, 6.07) is 14.2. The number of halogens is 1. The number of pyridine rings is 1. The number of amides is 2. The number of anilines is 1. The van der Waals surface area contributed by atoms with Gasteiger partial charge in [-0.05, 0) is 42.7 Å². The molecule has 4 N–H and O–H groups in total. The lowest BCUT2D eigenvalue weighted by Gasteiger charge is -2.28. The Morgan fingerprint density at radius 1 is 1.22 bits per heavy atom. The molecular formula is C26H27FN4O5. The van der Waals surface area contributed by atoms with Crippen LogP contribution >= 0.6 is 0 Å². The molecule has 0 bridgehead atoms. The van der Waals surface area contributed by atoms with Gasteiger partial charge in [0.2, 0.25) is 11.8 Å². The Kier molecular flexibility index (Phi) is 6.46. The van der Waals surface area contributed by atoms with E-state index in [0.717, 1.165) is 35.4 Å². The maximum absolute atomic E-state index is 15.0. The van der Waals surface area contributed by atoms with E-state index in [4.69, 9.17) is 25.4 Å². The number of para-hydroxylation sites is 1. The summed E-state index contributed by atoms with van der Waals surface area (Å²) in [5, 5.41) is 9.80. The van der Waals surface area contributed by atoms with E-state index in [1.54, 1.807) is 11.5 Å². The number of nitrogens with zero attached hydrogens (tertiary/aromatic N) is 2. The van der Waals surface area contributed by atoms with E-state index in [1.165, 1.54) is 12.1 Å². The van der Waals surface area contributed by atoms with E-state index in [9.17, 15) is 14.0 Å². The van der Waals surface area contributed by atoms with Crippen LogP contribution in [-0.2, 0) is 27.4 Å². The van der Waals surface area contributed by atoms with Crippen LogP contribution in [0.5, 0.6) is 5.75 Å². The first-order valence-corrected chi connectivity index (χ1v) is 11.8. The number of rotatable bonds is 8. The number of hydroxylamine groups is 1. The Hall–Kier alpha value is -3.76. The summed E-state index contributed by atoms with van der Waals surface area (Å²) in [6.45, 7) is 2.91. The van der Waals surface area contributed by atoms with Gasteiger partial charge in [-0.25, -0.2) is 14.9 Å². The van der Waals surface area contributed by atoms with Crippen molar-refractivity contribution in [2.24, 2.45) is 17.1 Å². The van der Waals surface area contributed by atoms with Crippen molar-refractivity contribution in [1.82, 2.24) is 10.5 Å². The maximum atomic E-state index is 15.0. The first-order valence-electron chi connectivity index (χ1n) is 11.8. The summed E-state index contributed by atoms with van der Waals surface area (Å²) in [4.78, 5) is 30.7. The van der Waals surface area contributed by atoms with Crippen LogP contribution in [0.2, 0.25) is 0 Å². The molecule has 0 spiro atoms. The zero-order valence-corrected chi connectivity index (χ0v) is 19.6. The standard InChI is InChI=1S/C26H27FN4O5/c27-20-11-16(13-26(25(28)33)14-19(26)24(32)30-34)5-6-22(20)36-15-17-12-23(31-7-9-35-10-8-31)29-21-4-2-1-3-18(17)21/h1-6,11-12,19,34H,7-10,13-15H2,(H2,28,33)(H,30,32). The SMILES string of the molecule is NC(=O)C1(Cc2ccc(OCc3cc(N4CCOCC4)nc4ccccc34)c(F)c2)CC1C(=O)NO. The maximum Gasteiger partial charge on any atom is 0.247 e. The van der Waals surface area contributed by atoms with Gasteiger partial charge in [0, 0.05) is 24.0 Å². The van der Waals surface area contributed by atoms with Gasteiger partial charge in [0.1, 0.15) is 12.4 Å².